The largest absolute Gasteiger partial charge is 0.395 e. The van der Waals surface area contributed by atoms with Gasteiger partial charge in [-0.2, -0.15) is 0 Å². The molecule has 0 radical (unpaired) electrons. The first-order chi connectivity index (χ1) is 9.85. The third-order valence-corrected chi connectivity index (χ3v) is 5.60. The zero-order valence-electron chi connectivity index (χ0n) is 12.1. The van der Waals surface area contributed by atoms with E-state index >= 15 is 0 Å². The zero-order valence-corrected chi connectivity index (χ0v) is 12.9. The molecule has 112 valence electrons. The quantitative estimate of drug-likeness (QED) is 0.901. The lowest BCUT2D eigenvalue weighted by atomic mass is 10.1. The van der Waals surface area contributed by atoms with E-state index in [4.69, 9.17) is 10.1 Å². The third kappa shape index (κ3) is 3.58. The Morgan fingerprint density at radius 3 is 2.55 bits per heavy atom. The molecule has 0 spiro atoms. The van der Waals surface area contributed by atoms with Crippen molar-refractivity contribution in [2.24, 2.45) is 0 Å². The second kappa shape index (κ2) is 6.98. The molecule has 1 aliphatic carbocycles. The van der Waals surface area contributed by atoms with Crippen molar-refractivity contribution in [3.63, 3.8) is 0 Å². The van der Waals surface area contributed by atoms with Gasteiger partial charge in [0.1, 0.15) is 0 Å². The lowest BCUT2D eigenvalue weighted by molar-refractivity contribution is 0.108. The Morgan fingerprint density at radius 2 is 1.85 bits per heavy atom. The van der Waals surface area contributed by atoms with Crippen LogP contribution in [-0.2, 0) is 6.54 Å². The monoisotopic (exact) mass is 295 g/mol. The van der Waals surface area contributed by atoms with Gasteiger partial charge in [-0.25, -0.2) is 4.98 Å². The lowest BCUT2D eigenvalue weighted by Gasteiger charge is -2.33. The van der Waals surface area contributed by atoms with Crippen LogP contribution in [0.2, 0.25) is 0 Å². The number of nitrogens with zero attached hydrogens (tertiary/aromatic N) is 3. The second-order valence-electron chi connectivity index (χ2n) is 6.00. The van der Waals surface area contributed by atoms with Gasteiger partial charge in [0.05, 0.1) is 17.3 Å². The number of hydrogen-bond donors (Lipinski definition) is 1. The molecule has 20 heavy (non-hydrogen) atoms. The highest BCUT2D eigenvalue weighted by atomic mass is 32.1. The molecule has 0 atom stereocenters. The lowest BCUT2D eigenvalue weighted by Crippen LogP contribution is -2.46. The van der Waals surface area contributed by atoms with E-state index in [1.54, 1.807) is 0 Å². The highest BCUT2D eigenvalue weighted by molar-refractivity contribution is 7.09. The van der Waals surface area contributed by atoms with E-state index in [-0.39, 0.29) is 6.61 Å². The Morgan fingerprint density at radius 1 is 1.15 bits per heavy atom. The number of rotatable bonds is 5. The molecule has 2 fully saturated rings. The maximum Gasteiger partial charge on any atom is 0.0959 e. The molecule has 0 amide bonds. The third-order valence-electron chi connectivity index (χ3n) is 4.54. The Labute approximate surface area is 125 Å². The van der Waals surface area contributed by atoms with Gasteiger partial charge in [0.15, 0.2) is 0 Å². The summed E-state index contributed by atoms with van der Waals surface area (Å²) in [6, 6.07) is 0. The van der Waals surface area contributed by atoms with E-state index in [0.29, 0.717) is 0 Å². The minimum atomic E-state index is 0.275. The molecule has 1 aromatic heterocycles. The molecule has 0 unspecified atom stereocenters. The molecule has 0 aromatic carbocycles. The molecule has 2 aliphatic rings. The summed E-state index contributed by atoms with van der Waals surface area (Å²) in [5.41, 5.74) is 1.26. The summed E-state index contributed by atoms with van der Waals surface area (Å²) in [7, 11) is 0. The van der Waals surface area contributed by atoms with E-state index in [9.17, 15) is 0 Å². The number of aromatic nitrogens is 1. The fraction of sp³-hybridized carbons (Fsp3) is 0.800. The summed E-state index contributed by atoms with van der Waals surface area (Å²) >= 11 is 1.86. The van der Waals surface area contributed by atoms with Crippen LogP contribution >= 0.6 is 11.3 Å². The molecule has 1 saturated carbocycles. The Bertz CT molecular complexity index is 409. The molecular formula is C15H25N3OS. The molecular weight excluding hydrogens is 270 g/mol. The number of thiazole rings is 1. The highest BCUT2D eigenvalue weighted by Gasteiger charge is 2.21. The molecule has 5 heteroatoms. The maximum atomic E-state index is 8.96. The molecule has 1 saturated heterocycles. The van der Waals surface area contributed by atoms with Crippen LogP contribution in [-0.4, -0.2) is 59.2 Å². The van der Waals surface area contributed by atoms with Gasteiger partial charge >= 0.3 is 0 Å². The summed E-state index contributed by atoms with van der Waals surface area (Å²) in [6.45, 7) is 6.41. The van der Waals surface area contributed by atoms with Crippen LogP contribution in [0.25, 0.3) is 0 Å². The van der Waals surface area contributed by atoms with Gasteiger partial charge in [-0.1, -0.05) is 12.8 Å². The maximum absolute atomic E-state index is 8.96. The van der Waals surface area contributed by atoms with Crippen molar-refractivity contribution in [3.05, 3.63) is 16.1 Å². The standard InChI is InChI=1S/C15H25N3OS/c19-10-9-17-5-7-18(8-6-17)11-14-12-20-15(16-14)13-3-1-2-4-13/h12-13,19H,1-11H2. The predicted octanol–water partition coefficient (Wildman–Crippen LogP) is 1.91. The van der Waals surface area contributed by atoms with Crippen LogP contribution in [0, 0.1) is 0 Å². The van der Waals surface area contributed by atoms with Gasteiger partial charge < -0.3 is 5.11 Å². The average Bonchev–Trinajstić information content (AvgIpc) is 3.12. The van der Waals surface area contributed by atoms with Gasteiger partial charge in [0.25, 0.3) is 0 Å². The van der Waals surface area contributed by atoms with Gasteiger partial charge in [0, 0.05) is 50.6 Å². The molecule has 2 heterocycles. The van der Waals surface area contributed by atoms with Crippen molar-refractivity contribution in [2.75, 3.05) is 39.3 Å². The molecule has 1 aromatic rings. The molecule has 3 rings (SSSR count). The van der Waals surface area contributed by atoms with E-state index in [1.807, 2.05) is 11.3 Å². The van der Waals surface area contributed by atoms with Crippen LogP contribution in [0.15, 0.2) is 5.38 Å². The van der Waals surface area contributed by atoms with Crippen LogP contribution in [0.1, 0.15) is 42.3 Å². The normalized spacial score (nSPS) is 22.6. The van der Waals surface area contributed by atoms with Gasteiger partial charge in [0.2, 0.25) is 0 Å². The second-order valence-corrected chi connectivity index (χ2v) is 6.89. The molecule has 4 nitrogen and oxygen atoms in total. The summed E-state index contributed by atoms with van der Waals surface area (Å²) in [4.78, 5) is 9.69. The first kappa shape index (κ1) is 14.4. The van der Waals surface area contributed by atoms with Gasteiger partial charge in [-0.15, -0.1) is 11.3 Å². The summed E-state index contributed by atoms with van der Waals surface area (Å²) < 4.78 is 0. The average molecular weight is 295 g/mol. The van der Waals surface area contributed by atoms with Crippen molar-refractivity contribution in [3.8, 4) is 0 Å². The van der Waals surface area contributed by atoms with Crippen LogP contribution in [0.4, 0.5) is 0 Å². The first-order valence-electron chi connectivity index (χ1n) is 7.85. The number of hydrogen-bond acceptors (Lipinski definition) is 5. The summed E-state index contributed by atoms with van der Waals surface area (Å²) in [6.07, 6.45) is 5.44. The Balaban J connectivity index is 1.49. The summed E-state index contributed by atoms with van der Waals surface area (Å²) in [5, 5.41) is 12.6. The van der Waals surface area contributed by atoms with Crippen LogP contribution in [0.5, 0.6) is 0 Å². The minimum Gasteiger partial charge on any atom is -0.395 e. The van der Waals surface area contributed by atoms with Crippen LogP contribution < -0.4 is 0 Å². The predicted molar refractivity (Wildman–Crippen MR) is 82.1 cm³/mol. The number of piperazine rings is 1. The smallest absolute Gasteiger partial charge is 0.0959 e. The van der Waals surface area contributed by atoms with Crippen molar-refractivity contribution >= 4 is 11.3 Å². The molecule has 1 N–H and O–H groups in total. The van der Waals surface area contributed by atoms with Gasteiger partial charge in [-0.05, 0) is 12.8 Å². The van der Waals surface area contributed by atoms with Crippen molar-refractivity contribution < 1.29 is 5.11 Å². The fourth-order valence-corrected chi connectivity index (χ4v) is 4.28. The number of aliphatic hydroxyl groups is 1. The molecule has 1 aliphatic heterocycles. The highest BCUT2D eigenvalue weighted by Crippen LogP contribution is 2.35. The Kier molecular flexibility index (Phi) is 5.04. The fourth-order valence-electron chi connectivity index (χ4n) is 3.30. The minimum absolute atomic E-state index is 0.275. The Hall–Kier alpha value is -0.490. The van der Waals surface area contributed by atoms with E-state index in [0.717, 1.165) is 45.2 Å². The SMILES string of the molecule is OCCN1CCN(Cc2csc(C3CCCC3)n2)CC1. The van der Waals surface area contributed by atoms with E-state index in [2.05, 4.69) is 15.2 Å². The molecule has 0 bridgehead atoms. The topological polar surface area (TPSA) is 39.6 Å². The van der Waals surface area contributed by atoms with Crippen molar-refractivity contribution in [1.29, 1.82) is 0 Å². The van der Waals surface area contributed by atoms with Gasteiger partial charge in [-0.3, -0.25) is 9.80 Å². The zero-order chi connectivity index (χ0) is 13.8. The van der Waals surface area contributed by atoms with Crippen molar-refractivity contribution in [2.45, 2.75) is 38.1 Å². The van der Waals surface area contributed by atoms with Crippen molar-refractivity contribution in [1.82, 2.24) is 14.8 Å². The first-order valence-corrected chi connectivity index (χ1v) is 8.73. The van der Waals surface area contributed by atoms with E-state index in [1.165, 1.54) is 36.4 Å². The summed E-state index contributed by atoms with van der Waals surface area (Å²) in [5.74, 6) is 0.746. The van der Waals surface area contributed by atoms with Crippen LogP contribution in [0.3, 0.4) is 0 Å². The van der Waals surface area contributed by atoms with E-state index < -0.39 is 0 Å². The number of aliphatic hydroxyl groups excluding tert-OH is 1. The number of β-amino-alcohol motifs (C(OH)–C–C–N with tert-alkyl or cyclic N) is 1.